The van der Waals surface area contributed by atoms with Crippen LogP contribution in [0.4, 0.5) is 5.69 Å². The third-order valence-electron chi connectivity index (χ3n) is 5.72. The number of rotatable bonds is 8. The molecule has 1 saturated heterocycles. The smallest absolute Gasteiger partial charge is 0.311 e. The number of benzene rings is 1. The van der Waals surface area contributed by atoms with Crippen LogP contribution in [0, 0.1) is 5.92 Å². The Balaban J connectivity index is 1.37. The van der Waals surface area contributed by atoms with Crippen molar-refractivity contribution in [1.29, 1.82) is 0 Å². The fraction of sp³-hybridized carbons (Fsp3) is 0.545. The van der Waals surface area contributed by atoms with Crippen molar-refractivity contribution in [2.75, 3.05) is 25.0 Å². The van der Waals surface area contributed by atoms with Gasteiger partial charge in [0.05, 0.1) is 12.5 Å². The van der Waals surface area contributed by atoms with Crippen molar-refractivity contribution in [2.45, 2.75) is 51.5 Å². The zero-order valence-electron chi connectivity index (χ0n) is 17.3. The number of nitrogens with zero attached hydrogens (tertiary/aromatic N) is 1. The highest BCUT2D eigenvalue weighted by molar-refractivity contribution is 5.95. The average molecular weight is 415 g/mol. The lowest BCUT2D eigenvalue weighted by molar-refractivity contribution is -0.152. The first-order chi connectivity index (χ1) is 14.5. The second kappa shape index (κ2) is 10.2. The van der Waals surface area contributed by atoms with Gasteiger partial charge < -0.3 is 20.3 Å². The average Bonchev–Trinajstić information content (AvgIpc) is 3.40. The summed E-state index contributed by atoms with van der Waals surface area (Å²) in [6.45, 7) is 1.67. The van der Waals surface area contributed by atoms with Gasteiger partial charge in [-0.2, -0.15) is 0 Å². The molecule has 1 saturated carbocycles. The van der Waals surface area contributed by atoms with Gasteiger partial charge in [0, 0.05) is 24.7 Å². The van der Waals surface area contributed by atoms with Gasteiger partial charge in [-0.25, -0.2) is 0 Å². The second-order valence-electron chi connectivity index (χ2n) is 7.83. The molecule has 1 aliphatic carbocycles. The van der Waals surface area contributed by atoms with Crippen LogP contribution in [-0.2, 0) is 30.3 Å². The van der Waals surface area contributed by atoms with Crippen LogP contribution >= 0.6 is 0 Å². The van der Waals surface area contributed by atoms with Crippen LogP contribution in [0.5, 0.6) is 0 Å². The number of hydrogen-bond acceptors (Lipinski definition) is 5. The minimum atomic E-state index is -0.556. The summed E-state index contributed by atoms with van der Waals surface area (Å²) in [7, 11) is 0. The van der Waals surface area contributed by atoms with Gasteiger partial charge in [0.15, 0.2) is 6.61 Å². The topological polar surface area (TPSA) is 105 Å². The Bertz CT molecular complexity index is 804. The van der Waals surface area contributed by atoms with Crippen LogP contribution in [0.3, 0.4) is 0 Å². The molecule has 2 fully saturated rings. The first-order valence-corrected chi connectivity index (χ1v) is 10.6. The highest BCUT2D eigenvalue weighted by Crippen LogP contribution is 2.29. The molecule has 1 aromatic carbocycles. The number of ether oxygens (including phenoxy) is 1. The predicted molar refractivity (Wildman–Crippen MR) is 110 cm³/mol. The van der Waals surface area contributed by atoms with Gasteiger partial charge in [0.2, 0.25) is 11.8 Å². The molecule has 3 rings (SSSR count). The van der Waals surface area contributed by atoms with E-state index in [2.05, 4.69) is 10.6 Å². The normalized spacial score (nSPS) is 19.0. The third-order valence-corrected chi connectivity index (χ3v) is 5.72. The second-order valence-corrected chi connectivity index (χ2v) is 7.83. The molecule has 8 nitrogen and oxygen atoms in total. The highest BCUT2D eigenvalue weighted by atomic mass is 16.5. The van der Waals surface area contributed by atoms with Crippen LogP contribution < -0.4 is 10.6 Å². The molecule has 3 amide bonds. The van der Waals surface area contributed by atoms with E-state index in [1.54, 1.807) is 11.0 Å². The molecule has 1 aliphatic heterocycles. The van der Waals surface area contributed by atoms with Crippen molar-refractivity contribution < 1.29 is 23.9 Å². The summed E-state index contributed by atoms with van der Waals surface area (Å²) >= 11 is 0. The van der Waals surface area contributed by atoms with Gasteiger partial charge in [-0.1, -0.05) is 38.0 Å². The van der Waals surface area contributed by atoms with Gasteiger partial charge in [0.1, 0.15) is 0 Å². The number of anilines is 1. The molecule has 0 bridgehead atoms. The van der Waals surface area contributed by atoms with Crippen LogP contribution in [-0.4, -0.2) is 54.3 Å². The zero-order chi connectivity index (χ0) is 21.5. The molecule has 0 spiro atoms. The molecule has 1 aromatic rings. The summed E-state index contributed by atoms with van der Waals surface area (Å²) in [4.78, 5) is 50.2. The summed E-state index contributed by atoms with van der Waals surface area (Å²) < 4.78 is 5.07. The number of para-hydroxylation sites is 1. The number of likely N-dealkylation sites (tertiary alicyclic amines) is 1. The lowest BCUT2D eigenvalue weighted by atomic mass is 10.1. The van der Waals surface area contributed by atoms with Crippen LogP contribution in [0.2, 0.25) is 0 Å². The van der Waals surface area contributed by atoms with Crippen LogP contribution in [0.1, 0.15) is 44.6 Å². The number of carbonyl (C=O) groups is 4. The van der Waals surface area contributed by atoms with E-state index in [1.807, 2.05) is 25.1 Å². The Kier molecular flexibility index (Phi) is 7.43. The van der Waals surface area contributed by atoms with Crippen molar-refractivity contribution in [3.05, 3.63) is 29.8 Å². The number of aryl methyl sites for hydroxylation is 1. The molecular formula is C22H29N3O5. The van der Waals surface area contributed by atoms with E-state index < -0.39 is 24.4 Å². The van der Waals surface area contributed by atoms with E-state index in [4.69, 9.17) is 4.74 Å². The number of carbonyl (C=O) groups excluding carboxylic acids is 4. The minimum Gasteiger partial charge on any atom is -0.455 e. The van der Waals surface area contributed by atoms with E-state index in [0.29, 0.717) is 12.2 Å². The third kappa shape index (κ3) is 5.58. The Labute approximate surface area is 176 Å². The van der Waals surface area contributed by atoms with Crippen molar-refractivity contribution in [3.63, 3.8) is 0 Å². The molecule has 0 radical (unpaired) electrons. The number of esters is 1. The maximum absolute atomic E-state index is 12.2. The fourth-order valence-corrected chi connectivity index (χ4v) is 4.09. The molecule has 1 atom stereocenters. The van der Waals surface area contributed by atoms with Gasteiger partial charge in [-0.05, 0) is 30.9 Å². The summed E-state index contributed by atoms with van der Waals surface area (Å²) in [6.07, 6.45) is 5.11. The zero-order valence-corrected chi connectivity index (χ0v) is 17.3. The molecular weight excluding hydrogens is 386 g/mol. The van der Waals surface area contributed by atoms with Gasteiger partial charge in [0.25, 0.3) is 5.91 Å². The molecule has 0 aromatic heterocycles. The van der Waals surface area contributed by atoms with Crippen molar-refractivity contribution in [3.8, 4) is 0 Å². The first kappa shape index (κ1) is 21.8. The van der Waals surface area contributed by atoms with Gasteiger partial charge in [-0.3, -0.25) is 19.2 Å². The molecule has 2 N–H and O–H groups in total. The van der Waals surface area contributed by atoms with Gasteiger partial charge in [-0.15, -0.1) is 0 Å². The van der Waals surface area contributed by atoms with Crippen LogP contribution in [0.15, 0.2) is 24.3 Å². The summed E-state index contributed by atoms with van der Waals surface area (Å²) in [5.41, 5.74) is 1.72. The molecule has 8 heteroatoms. The lowest BCUT2D eigenvalue weighted by Gasteiger charge is -2.23. The first-order valence-electron chi connectivity index (χ1n) is 10.6. The van der Waals surface area contributed by atoms with E-state index in [-0.39, 0.29) is 30.8 Å². The van der Waals surface area contributed by atoms with Crippen molar-refractivity contribution in [1.82, 2.24) is 10.2 Å². The molecule has 30 heavy (non-hydrogen) atoms. The Morgan fingerprint density at radius 1 is 1.13 bits per heavy atom. The predicted octanol–water partition coefficient (Wildman–Crippen LogP) is 1.64. The van der Waals surface area contributed by atoms with E-state index >= 15 is 0 Å². The summed E-state index contributed by atoms with van der Waals surface area (Å²) in [5, 5.41) is 5.20. The Morgan fingerprint density at radius 3 is 2.60 bits per heavy atom. The molecule has 1 heterocycles. The minimum absolute atomic E-state index is 0.0164. The highest BCUT2D eigenvalue weighted by Gasteiger charge is 2.39. The molecule has 162 valence electrons. The lowest BCUT2D eigenvalue weighted by Crippen LogP contribution is -2.37. The quantitative estimate of drug-likeness (QED) is 0.628. The number of hydrogen-bond donors (Lipinski definition) is 2. The van der Waals surface area contributed by atoms with E-state index in [1.165, 1.54) is 0 Å². The summed E-state index contributed by atoms with van der Waals surface area (Å²) in [6, 6.07) is 7.69. The largest absolute Gasteiger partial charge is 0.455 e. The van der Waals surface area contributed by atoms with E-state index in [0.717, 1.165) is 37.7 Å². The monoisotopic (exact) mass is 415 g/mol. The molecule has 0 unspecified atom stereocenters. The SMILES string of the molecule is CCc1ccccc1NC(=O)CNC(=O)COC(=O)[C@@H]1CC(=O)N(C2CCCC2)C1. The molecule has 2 aliphatic rings. The van der Waals surface area contributed by atoms with Gasteiger partial charge >= 0.3 is 5.97 Å². The fourth-order valence-electron chi connectivity index (χ4n) is 4.09. The number of nitrogens with one attached hydrogen (secondary N) is 2. The number of amides is 3. The standard InChI is InChI=1S/C22H29N3O5/c1-2-15-7-3-6-10-18(15)24-19(26)12-23-20(27)14-30-22(29)16-11-21(28)25(13-16)17-8-4-5-9-17/h3,6-7,10,16-17H,2,4-5,8-9,11-14H2,1H3,(H,23,27)(H,24,26)/t16-/m1/s1. The van der Waals surface area contributed by atoms with Crippen molar-refractivity contribution >= 4 is 29.4 Å². The van der Waals surface area contributed by atoms with Crippen LogP contribution in [0.25, 0.3) is 0 Å². The maximum Gasteiger partial charge on any atom is 0.311 e. The Hall–Kier alpha value is -2.90. The summed E-state index contributed by atoms with van der Waals surface area (Å²) in [5.74, 6) is -2.00. The maximum atomic E-state index is 12.2. The Morgan fingerprint density at radius 2 is 1.87 bits per heavy atom. The van der Waals surface area contributed by atoms with E-state index in [9.17, 15) is 19.2 Å². The van der Waals surface area contributed by atoms with Crippen molar-refractivity contribution in [2.24, 2.45) is 5.92 Å².